The molecule has 1 atom stereocenters. The Bertz CT molecular complexity index is 382. The lowest BCUT2D eigenvalue weighted by atomic mass is 9.98. The van der Waals surface area contributed by atoms with Crippen molar-refractivity contribution in [1.82, 2.24) is 19.7 Å². The molecule has 0 bridgehead atoms. The van der Waals surface area contributed by atoms with Crippen molar-refractivity contribution in [2.45, 2.75) is 19.4 Å². The first kappa shape index (κ1) is 10.6. The van der Waals surface area contributed by atoms with Crippen molar-refractivity contribution in [3.05, 3.63) is 4.77 Å². The highest BCUT2D eigenvalue weighted by atomic mass is 32.1. The Morgan fingerprint density at radius 2 is 2.47 bits per heavy atom. The van der Waals surface area contributed by atoms with E-state index in [0.29, 0.717) is 16.6 Å². The summed E-state index contributed by atoms with van der Waals surface area (Å²) >= 11 is 5.12. The fourth-order valence-electron chi connectivity index (χ4n) is 2.19. The number of nitrogen functional groups attached to an aromatic ring is 1. The summed E-state index contributed by atoms with van der Waals surface area (Å²) in [7, 11) is 2.16. The van der Waals surface area contributed by atoms with Crippen molar-refractivity contribution >= 4 is 18.2 Å². The molecule has 3 N–H and O–H groups in total. The van der Waals surface area contributed by atoms with Crippen LogP contribution < -0.4 is 5.73 Å². The molecule has 5 nitrogen and oxygen atoms in total. The first-order valence-corrected chi connectivity index (χ1v) is 5.67. The number of aromatic nitrogens is 3. The summed E-state index contributed by atoms with van der Waals surface area (Å²) in [5, 5.41) is 6.63. The molecule has 0 radical (unpaired) electrons. The van der Waals surface area contributed by atoms with Gasteiger partial charge in [-0.15, -0.1) is 5.10 Å². The van der Waals surface area contributed by atoms with Crippen LogP contribution in [0.1, 0.15) is 12.8 Å². The number of aromatic amines is 1. The number of H-pyrrole nitrogens is 1. The van der Waals surface area contributed by atoms with Gasteiger partial charge >= 0.3 is 0 Å². The van der Waals surface area contributed by atoms with Crippen LogP contribution in [0.2, 0.25) is 0 Å². The summed E-state index contributed by atoms with van der Waals surface area (Å²) in [4.78, 5) is 2.36. The maximum atomic E-state index is 5.73. The van der Waals surface area contributed by atoms with Gasteiger partial charge in [0.2, 0.25) is 5.95 Å². The third-order valence-corrected chi connectivity index (χ3v) is 3.26. The van der Waals surface area contributed by atoms with E-state index in [2.05, 4.69) is 22.1 Å². The smallest absolute Gasteiger partial charge is 0.220 e. The van der Waals surface area contributed by atoms with Crippen LogP contribution in [0.5, 0.6) is 0 Å². The van der Waals surface area contributed by atoms with Crippen LogP contribution in [-0.2, 0) is 6.54 Å². The average Bonchev–Trinajstić information content (AvgIpc) is 2.50. The van der Waals surface area contributed by atoms with Gasteiger partial charge in [0.25, 0.3) is 0 Å². The minimum Gasteiger partial charge on any atom is -0.368 e. The number of hydrogen-bond donors (Lipinski definition) is 2. The molecule has 1 aromatic rings. The summed E-state index contributed by atoms with van der Waals surface area (Å²) in [6, 6.07) is 0. The number of hydrogen-bond acceptors (Lipinski definition) is 4. The molecule has 1 saturated heterocycles. The number of piperidine rings is 1. The topological polar surface area (TPSA) is 62.9 Å². The number of anilines is 1. The molecular formula is C9H17N5S. The van der Waals surface area contributed by atoms with Crippen LogP contribution in [-0.4, -0.2) is 39.8 Å². The zero-order chi connectivity index (χ0) is 10.8. The fourth-order valence-corrected chi connectivity index (χ4v) is 2.40. The number of nitrogens with zero attached hydrogens (tertiary/aromatic N) is 3. The van der Waals surface area contributed by atoms with Crippen LogP contribution in [0.25, 0.3) is 0 Å². The van der Waals surface area contributed by atoms with Crippen molar-refractivity contribution < 1.29 is 0 Å². The first-order chi connectivity index (χ1) is 7.16. The second-order valence-corrected chi connectivity index (χ2v) is 4.65. The molecule has 84 valence electrons. The molecule has 1 fully saturated rings. The highest BCUT2D eigenvalue weighted by Gasteiger charge is 2.18. The number of rotatable bonds is 2. The van der Waals surface area contributed by atoms with Gasteiger partial charge in [-0.05, 0) is 44.6 Å². The van der Waals surface area contributed by atoms with E-state index in [-0.39, 0.29) is 0 Å². The Hall–Kier alpha value is -0.880. The highest BCUT2D eigenvalue weighted by molar-refractivity contribution is 7.71. The van der Waals surface area contributed by atoms with Crippen molar-refractivity contribution in [2.24, 2.45) is 5.92 Å². The van der Waals surface area contributed by atoms with E-state index in [4.69, 9.17) is 18.0 Å². The summed E-state index contributed by atoms with van der Waals surface area (Å²) in [5.74, 6) is 1.13. The minimum atomic E-state index is 0.494. The van der Waals surface area contributed by atoms with Gasteiger partial charge in [0, 0.05) is 13.1 Å². The monoisotopic (exact) mass is 227 g/mol. The van der Waals surface area contributed by atoms with Gasteiger partial charge in [-0.25, -0.2) is 5.10 Å². The lowest BCUT2D eigenvalue weighted by Crippen LogP contribution is -2.34. The van der Waals surface area contributed by atoms with Crippen LogP contribution in [0.4, 0.5) is 5.95 Å². The lowest BCUT2D eigenvalue weighted by molar-refractivity contribution is 0.194. The normalized spacial score (nSPS) is 23.1. The zero-order valence-corrected chi connectivity index (χ0v) is 9.76. The summed E-state index contributed by atoms with van der Waals surface area (Å²) in [6.07, 6.45) is 2.50. The van der Waals surface area contributed by atoms with E-state index in [9.17, 15) is 0 Å². The molecule has 1 aliphatic heterocycles. The van der Waals surface area contributed by atoms with Gasteiger partial charge in [0.15, 0.2) is 4.77 Å². The number of nitrogens with one attached hydrogen (secondary N) is 1. The Morgan fingerprint density at radius 1 is 1.67 bits per heavy atom. The highest BCUT2D eigenvalue weighted by Crippen LogP contribution is 2.18. The Balaban J connectivity index is 2.05. The molecule has 0 aliphatic carbocycles. The molecule has 15 heavy (non-hydrogen) atoms. The molecular weight excluding hydrogens is 210 g/mol. The molecule has 6 heteroatoms. The van der Waals surface area contributed by atoms with Crippen molar-refractivity contribution in [3.63, 3.8) is 0 Å². The summed E-state index contributed by atoms with van der Waals surface area (Å²) < 4.78 is 2.51. The maximum Gasteiger partial charge on any atom is 0.220 e. The van der Waals surface area contributed by atoms with E-state index < -0.39 is 0 Å². The van der Waals surface area contributed by atoms with Crippen LogP contribution in [0.3, 0.4) is 0 Å². The van der Waals surface area contributed by atoms with Gasteiger partial charge < -0.3 is 10.6 Å². The molecule has 0 aromatic carbocycles. The Kier molecular flexibility index (Phi) is 3.06. The molecule has 0 spiro atoms. The van der Waals surface area contributed by atoms with Gasteiger partial charge in [-0.3, -0.25) is 4.57 Å². The Labute approximate surface area is 94.3 Å². The van der Waals surface area contributed by atoms with Gasteiger partial charge in [0.1, 0.15) is 0 Å². The predicted octanol–water partition coefficient (Wildman–Crippen LogP) is 0.865. The molecule has 0 amide bonds. The standard InChI is InChI=1S/C9H17N5S/c1-13-4-2-3-7(5-13)6-14-8(10)11-12-9(14)15/h7H,2-6H2,1H3,(H2,10,11)(H,12,15). The molecule has 1 aromatic heterocycles. The second kappa shape index (κ2) is 4.32. The van der Waals surface area contributed by atoms with Crippen LogP contribution in [0, 0.1) is 10.7 Å². The second-order valence-electron chi connectivity index (χ2n) is 4.27. The molecule has 0 saturated carbocycles. The van der Waals surface area contributed by atoms with Crippen molar-refractivity contribution in [1.29, 1.82) is 0 Å². The largest absolute Gasteiger partial charge is 0.368 e. The third kappa shape index (κ3) is 2.38. The van der Waals surface area contributed by atoms with Gasteiger partial charge in [0.05, 0.1) is 0 Å². The SMILES string of the molecule is CN1CCCC(Cn2c(N)n[nH]c2=S)C1. The average molecular weight is 227 g/mol. The zero-order valence-electron chi connectivity index (χ0n) is 8.94. The number of likely N-dealkylation sites (tertiary alicyclic amines) is 1. The van der Waals surface area contributed by atoms with E-state index in [1.54, 1.807) is 0 Å². The third-order valence-electron chi connectivity index (χ3n) is 2.95. The Morgan fingerprint density at radius 3 is 3.07 bits per heavy atom. The van der Waals surface area contributed by atoms with Crippen molar-refractivity contribution in [2.75, 3.05) is 25.9 Å². The quantitative estimate of drug-likeness (QED) is 0.736. The number of nitrogens with two attached hydrogens (primary N) is 1. The van der Waals surface area contributed by atoms with Crippen molar-refractivity contribution in [3.8, 4) is 0 Å². The van der Waals surface area contributed by atoms with Crippen LogP contribution >= 0.6 is 12.2 Å². The van der Waals surface area contributed by atoms with E-state index in [1.165, 1.54) is 19.4 Å². The van der Waals surface area contributed by atoms with Crippen LogP contribution in [0.15, 0.2) is 0 Å². The summed E-state index contributed by atoms with van der Waals surface area (Å²) in [5.41, 5.74) is 5.73. The maximum absolute atomic E-state index is 5.73. The fraction of sp³-hybridized carbons (Fsp3) is 0.778. The molecule has 2 rings (SSSR count). The minimum absolute atomic E-state index is 0.494. The molecule has 2 heterocycles. The van der Waals surface area contributed by atoms with E-state index in [1.807, 2.05) is 4.57 Å². The van der Waals surface area contributed by atoms with E-state index in [0.717, 1.165) is 13.1 Å². The van der Waals surface area contributed by atoms with E-state index >= 15 is 0 Å². The van der Waals surface area contributed by atoms with Gasteiger partial charge in [-0.1, -0.05) is 0 Å². The predicted molar refractivity (Wildman–Crippen MR) is 62.0 cm³/mol. The first-order valence-electron chi connectivity index (χ1n) is 5.26. The van der Waals surface area contributed by atoms with Gasteiger partial charge in [-0.2, -0.15) is 0 Å². The molecule has 1 aliphatic rings. The molecule has 1 unspecified atom stereocenters. The lowest BCUT2D eigenvalue weighted by Gasteiger charge is -2.29. The summed E-state index contributed by atoms with van der Waals surface area (Å²) in [6.45, 7) is 3.20.